The lowest BCUT2D eigenvalue weighted by atomic mass is 10.2. The Morgan fingerprint density at radius 2 is 1.92 bits per heavy atom. The van der Waals surface area contributed by atoms with Gasteiger partial charge in [-0.1, -0.05) is 42.4 Å². The molecule has 0 aliphatic carbocycles. The second kappa shape index (κ2) is 8.34. The van der Waals surface area contributed by atoms with Crippen molar-refractivity contribution in [3.05, 3.63) is 36.2 Å². The van der Waals surface area contributed by atoms with Crippen LogP contribution in [0.15, 0.2) is 34.9 Å². The van der Waals surface area contributed by atoms with Gasteiger partial charge in [0.1, 0.15) is 6.10 Å². The zero-order valence-electron chi connectivity index (χ0n) is 12.9. The molecule has 0 aliphatic rings. The zero-order valence-corrected chi connectivity index (χ0v) is 12.9. The highest BCUT2D eigenvalue weighted by atomic mass is 19.3. The lowest BCUT2D eigenvalue weighted by Gasteiger charge is -2.12. The largest absolute Gasteiger partial charge is 0.385 e. The summed E-state index contributed by atoms with van der Waals surface area (Å²) in [6.07, 6.45) is -4.79. The van der Waals surface area contributed by atoms with E-state index >= 15 is 0 Å². The van der Waals surface area contributed by atoms with Crippen LogP contribution in [0.4, 0.5) is 13.6 Å². The molecule has 3 N–H and O–H groups in total. The predicted molar refractivity (Wildman–Crippen MR) is 81.6 cm³/mol. The molecule has 2 unspecified atom stereocenters. The van der Waals surface area contributed by atoms with Crippen molar-refractivity contribution < 1.29 is 23.2 Å². The molecule has 2 atom stereocenters. The molecule has 1 heterocycles. The topological polar surface area (TPSA) is 100 Å². The van der Waals surface area contributed by atoms with Gasteiger partial charge in [-0.3, -0.25) is 0 Å². The third-order valence-corrected chi connectivity index (χ3v) is 3.23. The summed E-state index contributed by atoms with van der Waals surface area (Å²) in [5, 5.41) is 17.4. The summed E-state index contributed by atoms with van der Waals surface area (Å²) in [5.41, 5.74) is 0.811. The number of aliphatic hydroxyl groups is 1. The van der Waals surface area contributed by atoms with Gasteiger partial charge in [-0.25, -0.2) is 13.6 Å². The smallest absolute Gasteiger partial charge is 0.314 e. The van der Waals surface area contributed by atoms with E-state index < -0.39 is 25.1 Å². The van der Waals surface area contributed by atoms with Crippen LogP contribution in [0.2, 0.25) is 0 Å². The Morgan fingerprint density at radius 3 is 2.58 bits per heavy atom. The fraction of sp³-hybridized carbons (Fsp3) is 0.400. The number of halogens is 2. The van der Waals surface area contributed by atoms with E-state index in [2.05, 4.69) is 20.8 Å². The van der Waals surface area contributed by atoms with Crippen LogP contribution in [-0.4, -0.2) is 46.9 Å². The first kappa shape index (κ1) is 17.8. The quantitative estimate of drug-likeness (QED) is 0.713. The molecule has 0 radical (unpaired) electrons. The Kier molecular flexibility index (Phi) is 6.19. The Labute approximate surface area is 137 Å². The van der Waals surface area contributed by atoms with Crippen molar-refractivity contribution in [1.29, 1.82) is 0 Å². The molecule has 9 heteroatoms. The second-order valence-corrected chi connectivity index (χ2v) is 5.22. The van der Waals surface area contributed by atoms with E-state index in [1.807, 2.05) is 30.3 Å². The number of carbonyl (C=O) groups is 1. The molecule has 130 valence electrons. The van der Waals surface area contributed by atoms with Gasteiger partial charge in [0.25, 0.3) is 6.43 Å². The van der Waals surface area contributed by atoms with E-state index in [4.69, 9.17) is 9.63 Å². The number of urea groups is 1. The van der Waals surface area contributed by atoms with Gasteiger partial charge in [0.05, 0.1) is 12.5 Å². The van der Waals surface area contributed by atoms with Crippen molar-refractivity contribution in [3.8, 4) is 11.4 Å². The Bertz CT molecular complexity index is 651. The fourth-order valence-corrected chi connectivity index (χ4v) is 1.82. The van der Waals surface area contributed by atoms with Gasteiger partial charge in [0.15, 0.2) is 0 Å². The number of hydrogen-bond acceptors (Lipinski definition) is 5. The summed E-state index contributed by atoms with van der Waals surface area (Å²) in [4.78, 5) is 15.8. The number of alkyl halides is 2. The lowest BCUT2D eigenvalue weighted by molar-refractivity contribution is -0.00175. The maximum atomic E-state index is 12.1. The number of rotatable bonds is 7. The summed E-state index contributed by atoms with van der Waals surface area (Å²) in [7, 11) is 0. The summed E-state index contributed by atoms with van der Waals surface area (Å²) < 4.78 is 29.4. The van der Waals surface area contributed by atoms with Crippen molar-refractivity contribution in [2.24, 2.45) is 0 Å². The van der Waals surface area contributed by atoms with Gasteiger partial charge in [0, 0.05) is 12.1 Å². The van der Waals surface area contributed by atoms with Gasteiger partial charge in [-0.15, -0.1) is 0 Å². The normalized spacial score (nSPS) is 13.5. The van der Waals surface area contributed by atoms with E-state index in [1.54, 1.807) is 6.92 Å². The monoisotopic (exact) mass is 340 g/mol. The van der Waals surface area contributed by atoms with E-state index in [1.165, 1.54) is 0 Å². The molecular formula is C15H18F2N4O3. The minimum Gasteiger partial charge on any atom is -0.385 e. The molecule has 2 amide bonds. The summed E-state index contributed by atoms with van der Waals surface area (Å²) in [6, 6.07) is 8.62. The summed E-state index contributed by atoms with van der Waals surface area (Å²) >= 11 is 0. The van der Waals surface area contributed by atoms with Crippen molar-refractivity contribution >= 4 is 6.03 Å². The molecule has 0 spiro atoms. The number of hydrogen-bond donors (Lipinski definition) is 3. The average Bonchev–Trinajstić information content (AvgIpc) is 3.08. The molecule has 2 aromatic rings. The molecule has 0 saturated heterocycles. The number of carbonyl (C=O) groups excluding carboxylic acids is 1. The van der Waals surface area contributed by atoms with Gasteiger partial charge in [-0.2, -0.15) is 4.98 Å². The molecule has 2 rings (SSSR count). The van der Waals surface area contributed by atoms with Crippen molar-refractivity contribution in [3.63, 3.8) is 0 Å². The SMILES string of the molecule is CC(CNC(=O)NCC(O)C(F)F)c1nc(-c2ccccc2)no1. The average molecular weight is 340 g/mol. The third-order valence-electron chi connectivity index (χ3n) is 3.23. The number of amides is 2. The number of nitrogens with one attached hydrogen (secondary N) is 2. The predicted octanol–water partition coefficient (Wildman–Crippen LogP) is 1.77. The molecule has 0 fully saturated rings. The first-order chi connectivity index (χ1) is 11.5. The Hall–Kier alpha value is -2.55. The first-order valence-electron chi connectivity index (χ1n) is 7.34. The number of benzene rings is 1. The Morgan fingerprint density at radius 1 is 1.25 bits per heavy atom. The van der Waals surface area contributed by atoms with E-state index in [0.717, 1.165) is 5.56 Å². The highest BCUT2D eigenvalue weighted by Gasteiger charge is 2.19. The molecule has 0 saturated carbocycles. The third kappa shape index (κ3) is 4.98. The summed E-state index contributed by atoms with van der Waals surface area (Å²) in [6.45, 7) is 1.42. The molecule has 0 aliphatic heterocycles. The number of aliphatic hydroxyl groups excluding tert-OH is 1. The van der Waals surface area contributed by atoms with Crippen LogP contribution in [-0.2, 0) is 0 Å². The fourth-order valence-electron chi connectivity index (χ4n) is 1.82. The van der Waals surface area contributed by atoms with Crippen LogP contribution < -0.4 is 10.6 Å². The lowest BCUT2D eigenvalue weighted by Crippen LogP contribution is -2.42. The van der Waals surface area contributed by atoms with Crippen molar-refractivity contribution in [2.75, 3.05) is 13.1 Å². The van der Waals surface area contributed by atoms with Gasteiger partial charge in [-0.05, 0) is 0 Å². The molecule has 1 aromatic carbocycles. The minimum atomic E-state index is -2.90. The van der Waals surface area contributed by atoms with Crippen LogP contribution in [0.5, 0.6) is 0 Å². The molecular weight excluding hydrogens is 322 g/mol. The number of aromatic nitrogens is 2. The van der Waals surface area contributed by atoms with E-state index in [9.17, 15) is 13.6 Å². The van der Waals surface area contributed by atoms with Crippen LogP contribution >= 0.6 is 0 Å². The highest BCUT2D eigenvalue weighted by Crippen LogP contribution is 2.18. The zero-order chi connectivity index (χ0) is 17.5. The standard InChI is InChI=1S/C15H18F2N4O3/c1-9(7-18-15(23)19-8-11(22)12(16)17)14-20-13(21-24-14)10-5-3-2-4-6-10/h2-6,9,11-12,22H,7-8H2,1H3,(H2,18,19,23). The van der Waals surface area contributed by atoms with Crippen LogP contribution in [0.1, 0.15) is 18.7 Å². The van der Waals surface area contributed by atoms with Crippen LogP contribution in [0.3, 0.4) is 0 Å². The van der Waals surface area contributed by atoms with Gasteiger partial charge < -0.3 is 20.3 Å². The molecule has 1 aromatic heterocycles. The summed E-state index contributed by atoms with van der Waals surface area (Å²) in [5.74, 6) is 0.532. The van der Waals surface area contributed by atoms with Crippen molar-refractivity contribution in [2.45, 2.75) is 25.4 Å². The maximum Gasteiger partial charge on any atom is 0.314 e. The van der Waals surface area contributed by atoms with E-state index in [0.29, 0.717) is 11.7 Å². The Balaban J connectivity index is 1.82. The van der Waals surface area contributed by atoms with Crippen molar-refractivity contribution in [1.82, 2.24) is 20.8 Å². The molecule has 0 bridgehead atoms. The second-order valence-electron chi connectivity index (χ2n) is 5.22. The van der Waals surface area contributed by atoms with Crippen LogP contribution in [0.25, 0.3) is 11.4 Å². The number of nitrogens with zero attached hydrogens (tertiary/aromatic N) is 2. The van der Waals surface area contributed by atoms with Gasteiger partial charge >= 0.3 is 6.03 Å². The van der Waals surface area contributed by atoms with Gasteiger partial charge in [0.2, 0.25) is 11.7 Å². The maximum absolute atomic E-state index is 12.1. The molecule has 7 nitrogen and oxygen atoms in total. The van der Waals surface area contributed by atoms with E-state index in [-0.39, 0.29) is 12.5 Å². The first-order valence-corrected chi connectivity index (χ1v) is 7.34. The minimum absolute atomic E-state index is 0.174. The molecule has 24 heavy (non-hydrogen) atoms. The highest BCUT2D eigenvalue weighted by molar-refractivity contribution is 5.73. The van der Waals surface area contributed by atoms with Crippen LogP contribution in [0, 0.1) is 0 Å².